The van der Waals surface area contributed by atoms with Gasteiger partial charge in [-0.25, -0.2) is 4.68 Å². The molecule has 0 fully saturated rings. The molecule has 0 saturated carbocycles. The van der Waals surface area contributed by atoms with Gasteiger partial charge in [0, 0.05) is 18.5 Å². The highest BCUT2D eigenvalue weighted by molar-refractivity contribution is 5.76. The van der Waals surface area contributed by atoms with Crippen molar-refractivity contribution in [3.05, 3.63) is 41.9 Å². The minimum Gasteiger partial charge on any atom is -0.384 e. The van der Waals surface area contributed by atoms with Crippen LogP contribution < -0.4 is 11.1 Å². The van der Waals surface area contributed by atoms with E-state index in [-0.39, 0.29) is 18.5 Å². The van der Waals surface area contributed by atoms with E-state index in [9.17, 15) is 4.79 Å². The molecule has 6 nitrogen and oxygen atoms in total. The number of rotatable bonds is 7. The van der Waals surface area contributed by atoms with Gasteiger partial charge in [0.1, 0.15) is 12.4 Å². The number of carbonyl (C=O) groups excluding carboxylic acids is 1. The molecule has 0 aliphatic carbocycles. The van der Waals surface area contributed by atoms with Crippen LogP contribution in [0.2, 0.25) is 0 Å². The van der Waals surface area contributed by atoms with Gasteiger partial charge in [0.25, 0.3) is 0 Å². The summed E-state index contributed by atoms with van der Waals surface area (Å²) in [5.74, 6) is 0.402. The van der Waals surface area contributed by atoms with Crippen molar-refractivity contribution in [2.45, 2.75) is 45.7 Å². The lowest BCUT2D eigenvalue weighted by molar-refractivity contribution is -0.122. The number of aromatic nitrogens is 3. The molecule has 0 saturated heterocycles. The summed E-state index contributed by atoms with van der Waals surface area (Å²) in [5, 5.41) is 7.27. The maximum atomic E-state index is 12.3. The van der Waals surface area contributed by atoms with Crippen molar-refractivity contribution in [3.8, 4) is 0 Å². The van der Waals surface area contributed by atoms with E-state index in [2.05, 4.69) is 22.3 Å². The minimum absolute atomic E-state index is 0.0287. The standard InChI is InChI=1S/C16H23N5O/c1-3-4-7-14(13-6-5-8-18-10-13)19-16(22)11-21-15(17)9-12(2)20-21/h5-6,8-10,14H,3-4,7,11,17H2,1-2H3,(H,19,22)/t14-/m0/s1. The lowest BCUT2D eigenvalue weighted by Gasteiger charge is -2.19. The van der Waals surface area contributed by atoms with Crippen LogP contribution in [-0.2, 0) is 11.3 Å². The number of aryl methyl sites for hydroxylation is 1. The zero-order valence-electron chi connectivity index (χ0n) is 13.1. The van der Waals surface area contributed by atoms with Gasteiger partial charge < -0.3 is 11.1 Å². The Bertz CT molecular complexity index is 608. The summed E-state index contributed by atoms with van der Waals surface area (Å²) < 4.78 is 1.52. The van der Waals surface area contributed by atoms with Gasteiger partial charge in [-0.15, -0.1) is 0 Å². The first kappa shape index (κ1) is 16.0. The third kappa shape index (κ3) is 4.31. The van der Waals surface area contributed by atoms with Crippen LogP contribution in [0.5, 0.6) is 0 Å². The molecular weight excluding hydrogens is 278 g/mol. The minimum atomic E-state index is -0.0974. The molecule has 0 spiro atoms. The van der Waals surface area contributed by atoms with Crippen LogP contribution in [0.1, 0.15) is 43.5 Å². The highest BCUT2D eigenvalue weighted by atomic mass is 16.2. The fraction of sp³-hybridized carbons (Fsp3) is 0.438. The number of anilines is 1. The van der Waals surface area contributed by atoms with Crippen LogP contribution in [0.15, 0.2) is 30.6 Å². The second kappa shape index (κ2) is 7.59. The molecule has 118 valence electrons. The molecule has 3 N–H and O–H groups in total. The van der Waals surface area contributed by atoms with Crippen molar-refractivity contribution in [1.29, 1.82) is 0 Å². The number of hydrogen-bond acceptors (Lipinski definition) is 4. The first-order valence-electron chi connectivity index (χ1n) is 7.59. The van der Waals surface area contributed by atoms with Crippen LogP contribution in [0.4, 0.5) is 5.82 Å². The molecule has 0 radical (unpaired) electrons. The van der Waals surface area contributed by atoms with Crippen LogP contribution in [0.25, 0.3) is 0 Å². The normalized spacial score (nSPS) is 12.1. The fourth-order valence-electron chi connectivity index (χ4n) is 2.38. The Morgan fingerprint density at radius 3 is 2.91 bits per heavy atom. The molecule has 2 rings (SSSR count). The average Bonchev–Trinajstić information content (AvgIpc) is 2.82. The summed E-state index contributed by atoms with van der Waals surface area (Å²) in [6.45, 7) is 4.11. The highest BCUT2D eigenvalue weighted by Gasteiger charge is 2.15. The van der Waals surface area contributed by atoms with Crippen LogP contribution in [0.3, 0.4) is 0 Å². The van der Waals surface area contributed by atoms with Crippen molar-refractivity contribution in [3.63, 3.8) is 0 Å². The zero-order valence-corrected chi connectivity index (χ0v) is 13.1. The molecule has 0 unspecified atom stereocenters. The van der Waals surface area contributed by atoms with E-state index < -0.39 is 0 Å². The number of nitrogens with one attached hydrogen (secondary N) is 1. The van der Waals surface area contributed by atoms with E-state index in [1.807, 2.05) is 19.1 Å². The Morgan fingerprint density at radius 1 is 1.50 bits per heavy atom. The molecule has 0 bridgehead atoms. The Kier molecular flexibility index (Phi) is 5.52. The number of unbranched alkanes of at least 4 members (excludes halogenated alkanes) is 1. The maximum Gasteiger partial charge on any atom is 0.242 e. The summed E-state index contributed by atoms with van der Waals surface area (Å²) >= 11 is 0. The second-order valence-corrected chi connectivity index (χ2v) is 5.42. The van der Waals surface area contributed by atoms with E-state index in [4.69, 9.17) is 5.73 Å². The molecule has 0 aliphatic rings. The molecule has 2 aromatic heterocycles. The third-order valence-corrected chi connectivity index (χ3v) is 3.49. The van der Waals surface area contributed by atoms with Crippen molar-refractivity contribution in [2.24, 2.45) is 0 Å². The first-order valence-corrected chi connectivity index (χ1v) is 7.59. The van der Waals surface area contributed by atoms with E-state index in [0.29, 0.717) is 5.82 Å². The van der Waals surface area contributed by atoms with Crippen LogP contribution in [-0.4, -0.2) is 20.7 Å². The Morgan fingerprint density at radius 2 is 2.32 bits per heavy atom. The van der Waals surface area contributed by atoms with Gasteiger partial charge in [0.05, 0.1) is 11.7 Å². The molecule has 1 amide bonds. The van der Waals surface area contributed by atoms with Crippen molar-refractivity contribution >= 4 is 11.7 Å². The Labute approximate surface area is 130 Å². The van der Waals surface area contributed by atoms with Gasteiger partial charge in [0.2, 0.25) is 5.91 Å². The average molecular weight is 301 g/mol. The summed E-state index contributed by atoms with van der Waals surface area (Å²) in [6, 6.07) is 5.59. The predicted octanol–water partition coefficient (Wildman–Crippen LogP) is 2.22. The molecular formula is C16H23N5O. The summed E-state index contributed by atoms with van der Waals surface area (Å²) in [4.78, 5) is 16.4. The molecule has 2 aromatic rings. The van der Waals surface area contributed by atoms with Gasteiger partial charge in [-0.1, -0.05) is 25.8 Å². The largest absolute Gasteiger partial charge is 0.384 e. The van der Waals surface area contributed by atoms with Gasteiger partial charge in [0.15, 0.2) is 0 Å². The van der Waals surface area contributed by atoms with Crippen LogP contribution in [0, 0.1) is 6.92 Å². The molecule has 22 heavy (non-hydrogen) atoms. The summed E-state index contributed by atoms with van der Waals surface area (Å²) in [6.07, 6.45) is 6.55. The lowest BCUT2D eigenvalue weighted by atomic mass is 10.0. The number of nitrogen functional groups attached to an aromatic ring is 1. The number of nitrogens with two attached hydrogens (primary N) is 1. The quantitative estimate of drug-likeness (QED) is 0.821. The zero-order chi connectivity index (χ0) is 15.9. The van der Waals surface area contributed by atoms with Gasteiger partial charge in [-0.05, 0) is 25.0 Å². The van der Waals surface area contributed by atoms with E-state index >= 15 is 0 Å². The van der Waals surface area contributed by atoms with E-state index in [1.54, 1.807) is 18.5 Å². The summed E-state index contributed by atoms with van der Waals surface area (Å²) in [7, 11) is 0. The second-order valence-electron chi connectivity index (χ2n) is 5.42. The lowest BCUT2D eigenvalue weighted by Crippen LogP contribution is -2.32. The molecule has 0 aromatic carbocycles. The van der Waals surface area contributed by atoms with Gasteiger partial charge in [-0.3, -0.25) is 9.78 Å². The van der Waals surface area contributed by atoms with Crippen LogP contribution >= 0.6 is 0 Å². The van der Waals surface area contributed by atoms with E-state index in [0.717, 1.165) is 30.5 Å². The number of nitrogens with zero attached hydrogens (tertiary/aromatic N) is 3. The van der Waals surface area contributed by atoms with Crippen molar-refractivity contribution in [1.82, 2.24) is 20.1 Å². The smallest absolute Gasteiger partial charge is 0.242 e. The van der Waals surface area contributed by atoms with Gasteiger partial charge in [-0.2, -0.15) is 5.10 Å². The summed E-state index contributed by atoms with van der Waals surface area (Å²) in [5.41, 5.74) is 7.65. The van der Waals surface area contributed by atoms with Gasteiger partial charge >= 0.3 is 0 Å². The van der Waals surface area contributed by atoms with Crippen molar-refractivity contribution < 1.29 is 4.79 Å². The molecule has 1 atom stereocenters. The Hall–Kier alpha value is -2.37. The highest BCUT2D eigenvalue weighted by Crippen LogP contribution is 2.18. The monoisotopic (exact) mass is 301 g/mol. The maximum absolute atomic E-state index is 12.3. The predicted molar refractivity (Wildman–Crippen MR) is 86.0 cm³/mol. The van der Waals surface area contributed by atoms with E-state index in [1.165, 1.54) is 4.68 Å². The SMILES string of the molecule is CCCC[C@H](NC(=O)Cn1nc(C)cc1N)c1cccnc1. The first-order chi connectivity index (χ1) is 10.6. The number of hydrogen-bond donors (Lipinski definition) is 2. The third-order valence-electron chi connectivity index (χ3n) is 3.49. The number of pyridine rings is 1. The Balaban J connectivity index is 2.03. The number of carbonyl (C=O) groups is 1. The molecule has 6 heteroatoms. The fourth-order valence-corrected chi connectivity index (χ4v) is 2.38. The molecule has 0 aliphatic heterocycles. The molecule has 2 heterocycles. The number of amides is 1. The van der Waals surface area contributed by atoms with Crippen molar-refractivity contribution in [2.75, 3.05) is 5.73 Å². The topological polar surface area (TPSA) is 85.8 Å².